The zero-order valence-electron chi connectivity index (χ0n) is 12.8. The van der Waals surface area contributed by atoms with Crippen LogP contribution in [0.1, 0.15) is 12.0 Å². The lowest BCUT2D eigenvalue weighted by molar-refractivity contribution is 0.373. The molecule has 1 aromatic heterocycles. The van der Waals surface area contributed by atoms with Crippen LogP contribution in [0.2, 0.25) is 0 Å². The molecule has 110 valence electrons. The van der Waals surface area contributed by atoms with Gasteiger partial charge in [-0.25, -0.2) is 0 Å². The summed E-state index contributed by atoms with van der Waals surface area (Å²) < 4.78 is 0. The molecular formula is C20H20N2. The molecule has 1 aliphatic heterocycles. The molecule has 2 nitrogen and oxygen atoms in total. The highest BCUT2D eigenvalue weighted by atomic mass is 15.1. The normalized spacial score (nSPS) is 16.0. The van der Waals surface area contributed by atoms with Crippen molar-refractivity contribution in [3.05, 3.63) is 66.4 Å². The first-order valence-corrected chi connectivity index (χ1v) is 7.86. The minimum absolute atomic E-state index is 1.04. The van der Waals surface area contributed by atoms with Crippen molar-refractivity contribution in [2.45, 2.75) is 6.42 Å². The van der Waals surface area contributed by atoms with Crippen LogP contribution in [0.15, 0.2) is 60.8 Å². The number of nitrogens with zero attached hydrogens (tertiary/aromatic N) is 1. The minimum atomic E-state index is 1.04. The fourth-order valence-corrected chi connectivity index (χ4v) is 3.29. The van der Waals surface area contributed by atoms with Crippen molar-refractivity contribution in [2.24, 2.45) is 0 Å². The Morgan fingerprint density at radius 1 is 1.00 bits per heavy atom. The monoisotopic (exact) mass is 288 g/mol. The molecule has 0 amide bonds. The Morgan fingerprint density at radius 2 is 1.86 bits per heavy atom. The second kappa shape index (κ2) is 5.47. The van der Waals surface area contributed by atoms with Gasteiger partial charge < -0.3 is 9.88 Å². The van der Waals surface area contributed by atoms with Gasteiger partial charge in [-0.3, -0.25) is 0 Å². The van der Waals surface area contributed by atoms with Gasteiger partial charge in [-0.05, 0) is 36.2 Å². The zero-order chi connectivity index (χ0) is 14.9. The van der Waals surface area contributed by atoms with Crippen molar-refractivity contribution in [3.63, 3.8) is 0 Å². The summed E-state index contributed by atoms with van der Waals surface area (Å²) in [6.07, 6.45) is 5.68. The predicted octanol–water partition coefficient (Wildman–Crippen LogP) is 4.55. The average Bonchev–Trinajstić information content (AvgIpc) is 2.99. The summed E-state index contributed by atoms with van der Waals surface area (Å²) in [5, 5.41) is 1.32. The van der Waals surface area contributed by atoms with Crippen molar-refractivity contribution in [3.8, 4) is 11.1 Å². The van der Waals surface area contributed by atoms with Gasteiger partial charge in [0, 0.05) is 35.8 Å². The van der Waals surface area contributed by atoms with Crippen LogP contribution < -0.4 is 0 Å². The van der Waals surface area contributed by atoms with E-state index in [-0.39, 0.29) is 0 Å². The molecule has 22 heavy (non-hydrogen) atoms. The van der Waals surface area contributed by atoms with Gasteiger partial charge in [-0.2, -0.15) is 0 Å². The third-order valence-electron chi connectivity index (χ3n) is 4.48. The number of hydrogen-bond donors (Lipinski definition) is 1. The van der Waals surface area contributed by atoms with Crippen LogP contribution in [0.5, 0.6) is 0 Å². The molecule has 0 radical (unpaired) electrons. The maximum atomic E-state index is 3.45. The molecule has 2 aromatic carbocycles. The highest BCUT2D eigenvalue weighted by Crippen LogP contribution is 2.30. The summed E-state index contributed by atoms with van der Waals surface area (Å²) in [6.45, 7) is 2.19. The fourth-order valence-electron chi connectivity index (χ4n) is 3.29. The first kappa shape index (κ1) is 13.4. The van der Waals surface area contributed by atoms with Gasteiger partial charge in [0.15, 0.2) is 0 Å². The third-order valence-corrected chi connectivity index (χ3v) is 4.48. The summed E-state index contributed by atoms with van der Waals surface area (Å²) in [4.78, 5) is 5.83. The lowest BCUT2D eigenvalue weighted by Gasteiger charge is -2.22. The topological polar surface area (TPSA) is 19.0 Å². The molecule has 0 saturated carbocycles. The zero-order valence-corrected chi connectivity index (χ0v) is 12.8. The summed E-state index contributed by atoms with van der Waals surface area (Å²) in [7, 11) is 2.19. The van der Waals surface area contributed by atoms with Crippen LogP contribution in [0.3, 0.4) is 0 Å². The van der Waals surface area contributed by atoms with Crippen LogP contribution in [-0.2, 0) is 0 Å². The molecule has 0 saturated heterocycles. The van der Waals surface area contributed by atoms with Crippen LogP contribution >= 0.6 is 0 Å². The van der Waals surface area contributed by atoms with E-state index in [1.54, 1.807) is 0 Å². The number of benzene rings is 2. The number of nitrogens with one attached hydrogen (secondary N) is 1. The largest absolute Gasteiger partial charge is 0.361 e. The van der Waals surface area contributed by atoms with E-state index in [1.807, 2.05) is 0 Å². The number of hydrogen-bond acceptors (Lipinski definition) is 1. The molecule has 1 N–H and O–H groups in total. The van der Waals surface area contributed by atoms with E-state index in [2.05, 4.69) is 77.7 Å². The first-order valence-electron chi connectivity index (χ1n) is 7.86. The van der Waals surface area contributed by atoms with Gasteiger partial charge in [0.25, 0.3) is 0 Å². The molecule has 4 rings (SSSR count). The average molecular weight is 288 g/mol. The summed E-state index contributed by atoms with van der Waals surface area (Å²) in [5.74, 6) is 0. The standard InChI is InChI=1S/C20H20N2/c1-22-11-5-8-17(14-22)19-13-21-20-12-16(9-10-18(19)20)15-6-3-2-4-7-15/h2-4,6-10,12-13,21H,5,11,14H2,1H3. The Kier molecular flexibility index (Phi) is 3.32. The van der Waals surface area contributed by atoms with E-state index in [9.17, 15) is 0 Å². The summed E-state index contributed by atoms with van der Waals surface area (Å²) in [6, 6.07) is 17.3. The number of aromatic amines is 1. The molecule has 1 aliphatic rings. The second-order valence-electron chi connectivity index (χ2n) is 6.08. The Bertz CT molecular complexity index is 827. The smallest absolute Gasteiger partial charge is 0.0466 e. The molecule has 0 spiro atoms. The van der Waals surface area contributed by atoms with Crippen molar-refractivity contribution in [1.82, 2.24) is 9.88 Å². The van der Waals surface area contributed by atoms with E-state index in [0.29, 0.717) is 0 Å². The molecule has 0 unspecified atom stereocenters. The first-order chi connectivity index (χ1) is 10.8. The highest BCUT2D eigenvalue weighted by Gasteiger charge is 2.14. The Balaban J connectivity index is 1.76. The summed E-state index contributed by atoms with van der Waals surface area (Å²) >= 11 is 0. The Morgan fingerprint density at radius 3 is 2.68 bits per heavy atom. The molecule has 0 atom stereocenters. The SMILES string of the molecule is CN1CCC=C(c2c[nH]c3cc(-c4ccccc4)ccc23)C1. The Labute approximate surface area is 131 Å². The maximum Gasteiger partial charge on any atom is 0.0466 e. The van der Waals surface area contributed by atoms with Crippen LogP contribution in [0.25, 0.3) is 27.6 Å². The van der Waals surface area contributed by atoms with Crippen molar-refractivity contribution >= 4 is 16.5 Å². The molecule has 2 heteroatoms. The van der Waals surface area contributed by atoms with Gasteiger partial charge >= 0.3 is 0 Å². The van der Waals surface area contributed by atoms with E-state index in [4.69, 9.17) is 0 Å². The predicted molar refractivity (Wildman–Crippen MR) is 93.8 cm³/mol. The van der Waals surface area contributed by atoms with Gasteiger partial charge in [0.2, 0.25) is 0 Å². The Hall–Kier alpha value is -2.32. The minimum Gasteiger partial charge on any atom is -0.361 e. The molecule has 0 bridgehead atoms. The second-order valence-corrected chi connectivity index (χ2v) is 6.08. The van der Waals surface area contributed by atoms with E-state index in [1.165, 1.54) is 33.2 Å². The molecule has 3 aromatic rings. The number of H-pyrrole nitrogens is 1. The fraction of sp³-hybridized carbons (Fsp3) is 0.200. The number of fused-ring (bicyclic) bond motifs is 1. The van der Waals surface area contributed by atoms with E-state index in [0.717, 1.165) is 19.5 Å². The molecule has 0 aliphatic carbocycles. The van der Waals surface area contributed by atoms with Crippen molar-refractivity contribution in [1.29, 1.82) is 0 Å². The van der Waals surface area contributed by atoms with Gasteiger partial charge in [-0.1, -0.05) is 48.5 Å². The van der Waals surface area contributed by atoms with Gasteiger partial charge in [-0.15, -0.1) is 0 Å². The van der Waals surface area contributed by atoms with Gasteiger partial charge in [0.1, 0.15) is 0 Å². The van der Waals surface area contributed by atoms with E-state index < -0.39 is 0 Å². The van der Waals surface area contributed by atoms with Crippen LogP contribution in [0.4, 0.5) is 0 Å². The highest BCUT2D eigenvalue weighted by molar-refractivity contribution is 5.95. The lowest BCUT2D eigenvalue weighted by atomic mass is 9.98. The molecule has 0 fully saturated rings. The van der Waals surface area contributed by atoms with Gasteiger partial charge in [0.05, 0.1) is 0 Å². The van der Waals surface area contributed by atoms with Crippen molar-refractivity contribution < 1.29 is 0 Å². The number of likely N-dealkylation sites (N-methyl/N-ethyl adjacent to an activating group) is 1. The van der Waals surface area contributed by atoms with Crippen LogP contribution in [0, 0.1) is 0 Å². The molecule has 2 heterocycles. The van der Waals surface area contributed by atoms with Crippen molar-refractivity contribution in [2.75, 3.05) is 20.1 Å². The maximum absolute atomic E-state index is 3.45. The third kappa shape index (κ3) is 2.36. The quantitative estimate of drug-likeness (QED) is 0.732. The van der Waals surface area contributed by atoms with E-state index >= 15 is 0 Å². The lowest BCUT2D eigenvalue weighted by Crippen LogP contribution is -2.24. The van der Waals surface area contributed by atoms with Crippen LogP contribution in [-0.4, -0.2) is 30.0 Å². The summed E-state index contributed by atoms with van der Waals surface area (Å²) in [5.41, 5.74) is 6.52. The number of rotatable bonds is 2. The number of aromatic nitrogens is 1. The molecular weight excluding hydrogens is 268 g/mol.